The highest BCUT2D eigenvalue weighted by atomic mass is 16.1. The topological polar surface area (TPSA) is 88.0 Å². The summed E-state index contributed by atoms with van der Waals surface area (Å²) >= 11 is 0. The van der Waals surface area contributed by atoms with Crippen molar-refractivity contribution in [2.24, 2.45) is 0 Å². The Hall–Kier alpha value is -2.70. The highest BCUT2D eigenvalue weighted by molar-refractivity contribution is 5.56. The van der Waals surface area contributed by atoms with Gasteiger partial charge in [0.25, 0.3) is 5.78 Å². The molecule has 0 saturated carbocycles. The van der Waals surface area contributed by atoms with Crippen LogP contribution in [0.1, 0.15) is 13.8 Å². The molecular formula is C13H14N6O. The Morgan fingerprint density at radius 1 is 1.20 bits per heavy atom. The number of H-pyrrole nitrogens is 1. The molecule has 7 nitrogen and oxygen atoms in total. The summed E-state index contributed by atoms with van der Waals surface area (Å²) in [4.78, 5) is 23.1. The molecule has 2 N–H and O–H groups in total. The number of rotatable bonds is 3. The van der Waals surface area contributed by atoms with Crippen LogP contribution in [0.4, 0.5) is 5.95 Å². The van der Waals surface area contributed by atoms with Gasteiger partial charge in [-0.2, -0.15) is 9.97 Å². The predicted molar refractivity (Wildman–Crippen MR) is 75.6 cm³/mol. The van der Waals surface area contributed by atoms with Gasteiger partial charge in [0.05, 0.1) is 0 Å². The van der Waals surface area contributed by atoms with Gasteiger partial charge in [-0.3, -0.25) is 4.98 Å². The van der Waals surface area contributed by atoms with E-state index in [2.05, 4.69) is 25.4 Å². The zero-order valence-corrected chi connectivity index (χ0v) is 11.2. The normalized spacial score (nSPS) is 11.2. The van der Waals surface area contributed by atoms with Gasteiger partial charge in [0.15, 0.2) is 5.82 Å². The van der Waals surface area contributed by atoms with Crippen LogP contribution in [0, 0.1) is 0 Å². The molecule has 1 aromatic carbocycles. The highest BCUT2D eigenvalue weighted by Gasteiger charge is 2.11. The zero-order valence-electron chi connectivity index (χ0n) is 11.2. The minimum atomic E-state index is -0.368. The maximum atomic E-state index is 12.0. The Morgan fingerprint density at radius 2 is 1.95 bits per heavy atom. The number of benzene rings is 1. The Labute approximate surface area is 114 Å². The summed E-state index contributed by atoms with van der Waals surface area (Å²) in [5.41, 5.74) is 0.476. The summed E-state index contributed by atoms with van der Waals surface area (Å²) in [6.45, 7) is 3.92. The summed E-state index contributed by atoms with van der Waals surface area (Å²) in [7, 11) is 0. The number of nitrogens with zero attached hydrogens (tertiary/aromatic N) is 4. The first kappa shape index (κ1) is 12.3. The van der Waals surface area contributed by atoms with E-state index >= 15 is 0 Å². The molecule has 0 bridgehead atoms. The summed E-state index contributed by atoms with van der Waals surface area (Å²) in [6.07, 6.45) is 0. The third-order valence-electron chi connectivity index (χ3n) is 2.68. The lowest BCUT2D eigenvalue weighted by Crippen LogP contribution is -2.23. The Morgan fingerprint density at radius 3 is 2.65 bits per heavy atom. The monoisotopic (exact) mass is 270 g/mol. The second kappa shape index (κ2) is 4.76. The smallest absolute Gasteiger partial charge is 0.352 e. The number of nitrogens with one attached hydrogen (secondary N) is 2. The third-order valence-corrected chi connectivity index (χ3v) is 2.68. The van der Waals surface area contributed by atoms with Crippen LogP contribution < -0.4 is 11.0 Å². The first-order valence-electron chi connectivity index (χ1n) is 6.32. The minimum Gasteiger partial charge on any atom is -0.353 e. The van der Waals surface area contributed by atoms with Gasteiger partial charge in [-0.05, 0) is 13.8 Å². The molecule has 3 rings (SSSR count). The van der Waals surface area contributed by atoms with E-state index in [4.69, 9.17) is 0 Å². The van der Waals surface area contributed by atoms with Gasteiger partial charge in [-0.25, -0.2) is 4.79 Å². The van der Waals surface area contributed by atoms with Crippen molar-refractivity contribution >= 4 is 11.7 Å². The van der Waals surface area contributed by atoms with E-state index in [0.29, 0.717) is 11.8 Å². The van der Waals surface area contributed by atoms with Crippen molar-refractivity contribution < 1.29 is 0 Å². The van der Waals surface area contributed by atoms with Crippen LogP contribution in [-0.4, -0.2) is 30.6 Å². The molecule has 0 radical (unpaired) electrons. The van der Waals surface area contributed by atoms with Crippen molar-refractivity contribution in [3.8, 4) is 11.4 Å². The summed E-state index contributed by atoms with van der Waals surface area (Å²) < 4.78 is 1.16. The quantitative estimate of drug-likeness (QED) is 0.749. The fourth-order valence-corrected chi connectivity index (χ4v) is 1.85. The molecule has 0 fully saturated rings. The van der Waals surface area contributed by atoms with E-state index < -0.39 is 0 Å². The van der Waals surface area contributed by atoms with Gasteiger partial charge < -0.3 is 5.32 Å². The molecule has 0 aliphatic rings. The molecule has 2 aromatic heterocycles. The number of aromatic nitrogens is 5. The molecule has 20 heavy (non-hydrogen) atoms. The summed E-state index contributed by atoms with van der Waals surface area (Å²) in [5, 5.41) is 7.21. The van der Waals surface area contributed by atoms with Crippen LogP contribution >= 0.6 is 0 Å². The molecule has 0 aliphatic carbocycles. The van der Waals surface area contributed by atoms with Crippen LogP contribution in [0.2, 0.25) is 0 Å². The fraction of sp³-hybridized carbons (Fsp3) is 0.231. The molecule has 0 spiro atoms. The Bertz CT molecular complexity index is 789. The van der Waals surface area contributed by atoms with E-state index in [-0.39, 0.29) is 17.5 Å². The highest BCUT2D eigenvalue weighted by Crippen LogP contribution is 2.14. The molecule has 0 amide bonds. The van der Waals surface area contributed by atoms with Gasteiger partial charge in [0.2, 0.25) is 5.95 Å². The van der Waals surface area contributed by atoms with Gasteiger partial charge in [0, 0.05) is 11.6 Å². The van der Waals surface area contributed by atoms with Crippen molar-refractivity contribution in [3.05, 3.63) is 40.8 Å². The number of aromatic amines is 1. The predicted octanol–water partition coefficient (Wildman–Crippen LogP) is 1.30. The minimum absolute atomic E-state index is 0.164. The van der Waals surface area contributed by atoms with Crippen molar-refractivity contribution in [3.63, 3.8) is 0 Å². The van der Waals surface area contributed by atoms with Crippen LogP contribution in [0.15, 0.2) is 35.1 Å². The maximum Gasteiger partial charge on any atom is 0.352 e. The van der Waals surface area contributed by atoms with E-state index in [0.717, 1.165) is 10.1 Å². The molecule has 7 heteroatoms. The molecular weight excluding hydrogens is 256 g/mol. The average molecular weight is 270 g/mol. The second-order valence-electron chi connectivity index (χ2n) is 4.70. The number of hydrogen-bond acceptors (Lipinski definition) is 5. The fourth-order valence-electron chi connectivity index (χ4n) is 1.85. The van der Waals surface area contributed by atoms with Gasteiger partial charge >= 0.3 is 5.69 Å². The number of hydrogen-bond donors (Lipinski definition) is 2. The lowest BCUT2D eigenvalue weighted by molar-refractivity contribution is 0.816. The SMILES string of the molecule is CC(C)Nc1nc2nc(-c3ccccc3)nn2c(=O)[nH]1. The van der Waals surface area contributed by atoms with Crippen LogP contribution in [0.3, 0.4) is 0 Å². The molecule has 0 unspecified atom stereocenters. The molecule has 3 aromatic rings. The van der Waals surface area contributed by atoms with E-state index in [1.165, 1.54) is 0 Å². The van der Waals surface area contributed by atoms with Crippen molar-refractivity contribution in [2.75, 3.05) is 5.32 Å². The molecule has 102 valence electrons. The molecule has 0 aliphatic heterocycles. The third kappa shape index (κ3) is 2.25. The largest absolute Gasteiger partial charge is 0.353 e. The number of anilines is 1. The van der Waals surface area contributed by atoms with Crippen LogP contribution in [-0.2, 0) is 0 Å². The van der Waals surface area contributed by atoms with Gasteiger partial charge in [-0.15, -0.1) is 9.61 Å². The average Bonchev–Trinajstić information content (AvgIpc) is 2.83. The Kier molecular flexibility index (Phi) is 2.94. The summed E-state index contributed by atoms with van der Waals surface area (Å²) in [5.74, 6) is 1.14. The molecule has 0 saturated heterocycles. The Balaban J connectivity index is 2.11. The summed E-state index contributed by atoms with van der Waals surface area (Å²) in [6, 6.07) is 9.63. The molecule has 0 atom stereocenters. The van der Waals surface area contributed by atoms with Crippen molar-refractivity contribution in [1.29, 1.82) is 0 Å². The van der Waals surface area contributed by atoms with Gasteiger partial charge in [0.1, 0.15) is 0 Å². The van der Waals surface area contributed by atoms with Crippen LogP contribution in [0.5, 0.6) is 0 Å². The first-order chi connectivity index (χ1) is 9.63. The van der Waals surface area contributed by atoms with Crippen molar-refractivity contribution in [2.45, 2.75) is 19.9 Å². The standard InChI is InChI=1S/C13H14N6O/c1-8(2)14-11-16-12-15-10(9-6-4-3-5-7-9)18-19(12)13(20)17-11/h3-8H,1-2H3,(H2,14,15,16,17,18,20). The maximum absolute atomic E-state index is 12.0. The first-order valence-corrected chi connectivity index (χ1v) is 6.32. The van der Waals surface area contributed by atoms with E-state index in [1.807, 2.05) is 44.2 Å². The number of fused-ring (bicyclic) bond motifs is 1. The lowest BCUT2D eigenvalue weighted by Gasteiger charge is -2.07. The van der Waals surface area contributed by atoms with Crippen molar-refractivity contribution in [1.82, 2.24) is 24.6 Å². The van der Waals surface area contributed by atoms with Gasteiger partial charge in [-0.1, -0.05) is 30.3 Å². The lowest BCUT2D eigenvalue weighted by atomic mass is 10.2. The second-order valence-corrected chi connectivity index (χ2v) is 4.70. The zero-order chi connectivity index (χ0) is 14.1. The van der Waals surface area contributed by atoms with E-state index in [1.54, 1.807) is 0 Å². The van der Waals surface area contributed by atoms with E-state index in [9.17, 15) is 4.79 Å². The molecule has 2 heterocycles. The van der Waals surface area contributed by atoms with Crippen LogP contribution in [0.25, 0.3) is 17.2 Å².